The third-order valence-electron chi connectivity index (χ3n) is 6.20. The van der Waals surface area contributed by atoms with Crippen molar-refractivity contribution in [3.8, 4) is 17.2 Å². The molecular formula is C24H17F3N4O4. The van der Waals surface area contributed by atoms with Crippen molar-refractivity contribution in [1.29, 1.82) is 0 Å². The molecule has 0 radical (unpaired) electrons. The highest BCUT2D eigenvalue weighted by Gasteiger charge is 2.59. The van der Waals surface area contributed by atoms with Crippen LogP contribution in [-0.2, 0) is 11.2 Å². The summed E-state index contributed by atoms with van der Waals surface area (Å²) < 4.78 is 52.6. The Kier molecular flexibility index (Phi) is 4.80. The maximum atomic E-state index is 13.8. The van der Waals surface area contributed by atoms with Gasteiger partial charge < -0.3 is 25.4 Å². The maximum Gasteiger partial charge on any atom is 0.319 e. The minimum absolute atomic E-state index is 0.0934. The van der Waals surface area contributed by atoms with Gasteiger partial charge in [0, 0.05) is 35.9 Å². The van der Waals surface area contributed by atoms with Crippen molar-refractivity contribution < 1.29 is 32.2 Å². The Morgan fingerprint density at radius 1 is 1.11 bits per heavy atom. The van der Waals surface area contributed by atoms with E-state index in [1.54, 1.807) is 24.4 Å². The van der Waals surface area contributed by atoms with Gasteiger partial charge in [-0.1, -0.05) is 0 Å². The summed E-state index contributed by atoms with van der Waals surface area (Å²) in [4.78, 5) is 28.1. The molecule has 3 aromatic rings. The van der Waals surface area contributed by atoms with Crippen LogP contribution in [0.4, 0.5) is 29.5 Å². The fourth-order valence-corrected chi connectivity index (χ4v) is 4.52. The van der Waals surface area contributed by atoms with E-state index in [9.17, 15) is 22.8 Å². The molecule has 1 aromatic heterocycles. The number of urea groups is 1. The predicted molar refractivity (Wildman–Crippen MR) is 117 cm³/mol. The second kappa shape index (κ2) is 7.90. The lowest BCUT2D eigenvalue weighted by atomic mass is 10.1. The first-order valence-corrected chi connectivity index (χ1v) is 10.9. The molecule has 178 valence electrons. The molecule has 0 saturated heterocycles. The number of benzene rings is 2. The monoisotopic (exact) mass is 482 g/mol. The van der Waals surface area contributed by atoms with Crippen molar-refractivity contribution in [2.24, 2.45) is 0 Å². The van der Waals surface area contributed by atoms with Gasteiger partial charge in [-0.05, 0) is 30.7 Å². The molecule has 2 aliphatic heterocycles. The Bertz CT molecular complexity index is 1380. The molecule has 3 heterocycles. The highest BCUT2D eigenvalue weighted by molar-refractivity contribution is 5.93. The largest absolute Gasteiger partial charge is 0.487 e. The normalized spacial score (nSPS) is 21.1. The van der Waals surface area contributed by atoms with Crippen LogP contribution in [0.2, 0.25) is 0 Å². The summed E-state index contributed by atoms with van der Waals surface area (Å²) in [7, 11) is 0. The first-order chi connectivity index (χ1) is 16.9. The molecule has 11 heteroatoms. The number of rotatable bonds is 4. The Morgan fingerprint density at radius 2 is 1.91 bits per heavy atom. The Morgan fingerprint density at radius 3 is 2.71 bits per heavy atom. The lowest BCUT2D eigenvalue weighted by Crippen LogP contribution is -2.34. The van der Waals surface area contributed by atoms with E-state index in [0.717, 1.165) is 11.1 Å². The number of fused-ring (bicyclic) bond motifs is 4. The van der Waals surface area contributed by atoms with Gasteiger partial charge in [0.1, 0.15) is 40.7 Å². The molecular weight excluding hydrogens is 465 g/mol. The van der Waals surface area contributed by atoms with E-state index >= 15 is 0 Å². The maximum absolute atomic E-state index is 13.8. The van der Waals surface area contributed by atoms with E-state index < -0.39 is 35.2 Å². The third-order valence-corrected chi connectivity index (χ3v) is 6.20. The molecule has 3 amide bonds. The number of anilines is 2. The van der Waals surface area contributed by atoms with Gasteiger partial charge in [0.05, 0.1) is 12.0 Å². The van der Waals surface area contributed by atoms with Crippen LogP contribution in [0.25, 0.3) is 0 Å². The highest BCUT2D eigenvalue weighted by Crippen LogP contribution is 2.54. The van der Waals surface area contributed by atoms with Crippen molar-refractivity contribution in [1.82, 2.24) is 10.3 Å². The van der Waals surface area contributed by atoms with Gasteiger partial charge in [-0.15, -0.1) is 0 Å². The molecule has 0 unspecified atom stereocenters. The van der Waals surface area contributed by atoms with Crippen LogP contribution < -0.4 is 25.4 Å². The molecule has 1 aliphatic carbocycles. The second-order valence-electron chi connectivity index (χ2n) is 8.46. The summed E-state index contributed by atoms with van der Waals surface area (Å²) in [6, 6.07) is 6.79. The topological polar surface area (TPSA) is 102 Å². The lowest BCUT2D eigenvalue weighted by Gasteiger charge is -2.19. The van der Waals surface area contributed by atoms with E-state index in [4.69, 9.17) is 9.47 Å². The molecule has 3 aliphatic rings. The van der Waals surface area contributed by atoms with Crippen molar-refractivity contribution in [3.05, 3.63) is 71.2 Å². The van der Waals surface area contributed by atoms with Crippen LogP contribution in [0.1, 0.15) is 23.5 Å². The number of carbonyl (C=O) groups excluding carboxylic acids is 2. The number of hydrogen-bond donors (Lipinski definition) is 3. The molecule has 35 heavy (non-hydrogen) atoms. The smallest absolute Gasteiger partial charge is 0.319 e. The number of amides is 3. The Balaban J connectivity index is 1.15. The number of carbonyl (C=O) groups is 2. The van der Waals surface area contributed by atoms with Crippen LogP contribution in [-0.4, -0.2) is 29.1 Å². The van der Waals surface area contributed by atoms with Crippen LogP contribution in [0, 0.1) is 17.5 Å². The Labute approximate surface area is 196 Å². The van der Waals surface area contributed by atoms with Gasteiger partial charge >= 0.3 is 6.03 Å². The predicted octanol–water partition coefficient (Wildman–Crippen LogP) is 4.22. The van der Waals surface area contributed by atoms with Crippen molar-refractivity contribution in [2.45, 2.75) is 30.9 Å². The van der Waals surface area contributed by atoms with E-state index in [2.05, 4.69) is 20.9 Å². The quantitative estimate of drug-likeness (QED) is 0.517. The molecule has 3 atom stereocenters. The molecule has 2 aromatic carbocycles. The standard InChI is InChI=1S/C24H17F3N4O4/c25-10-7-14(26)20(15(27)8-10)30-24(33)31-21-19-13-9-11(1-3-16(13)35-22(19)21)34-17-5-6-28-23-12(17)2-4-18(32)29-23/h1,3,5-9,19,21-22H,2,4H2,(H,28,29,32)(H2,30,31,33)/t19-,21+,22-/m0/s1. The van der Waals surface area contributed by atoms with E-state index in [1.165, 1.54) is 0 Å². The number of hydrogen-bond acceptors (Lipinski definition) is 5. The van der Waals surface area contributed by atoms with Gasteiger partial charge in [0.2, 0.25) is 5.91 Å². The molecule has 1 fully saturated rings. The first kappa shape index (κ1) is 21.3. The lowest BCUT2D eigenvalue weighted by molar-refractivity contribution is -0.116. The molecule has 0 bridgehead atoms. The van der Waals surface area contributed by atoms with E-state index in [1.807, 2.05) is 6.07 Å². The minimum atomic E-state index is -1.21. The van der Waals surface area contributed by atoms with Gasteiger partial charge in [0.15, 0.2) is 11.6 Å². The average molecular weight is 482 g/mol. The highest BCUT2D eigenvalue weighted by atomic mass is 19.1. The van der Waals surface area contributed by atoms with Crippen LogP contribution >= 0.6 is 0 Å². The van der Waals surface area contributed by atoms with E-state index in [0.29, 0.717) is 48.0 Å². The average Bonchev–Trinajstić information content (AvgIpc) is 3.32. The summed E-state index contributed by atoms with van der Waals surface area (Å²) in [5.41, 5.74) is 0.904. The number of nitrogens with zero attached hydrogens (tertiary/aromatic N) is 1. The van der Waals surface area contributed by atoms with Gasteiger partial charge in [-0.2, -0.15) is 0 Å². The van der Waals surface area contributed by atoms with Gasteiger partial charge in [-0.3, -0.25) is 4.79 Å². The van der Waals surface area contributed by atoms with Crippen LogP contribution in [0.15, 0.2) is 42.6 Å². The summed E-state index contributed by atoms with van der Waals surface area (Å²) in [5.74, 6) is -1.49. The van der Waals surface area contributed by atoms with Crippen molar-refractivity contribution >= 4 is 23.4 Å². The number of halogens is 3. The molecule has 0 spiro atoms. The van der Waals surface area contributed by atoms with Crippen molar-refractivity contribution in [3.63, 3.8) is 0 Å². The minimum Gasteiger partial charge on any atom is -0.487 e. The van der Waals surface area contributed by atoms with E-state index in [-0.39, 0.29) is 17.9 Å². The van der Waals surface area contributed by atoms with Gasteiger partial charge in [0.25, 0.3) is 0 Å². The number of pyridine rings is 1. The number of nitrogens with one attached hydrogen (secondary N) is 3. The number of aromatic nitrogens is 1. The zero-order valence-corrected chi connectivity index (χ0v) is 17.9. The van der Waals surface area contributed by atoms with Crippen LogP contribution in [0.5, 0.6) is 17.2 Å². The van der Waals surface area contributed by atoms with Crippen LogP contribution in [0.3, 0.4) is 0 Å². The fraction of sp³-hybridized carbons (Fsp3) is 0.208. The van der Waals surface area contributed by atoms with Gasteiger partial charge in [-0.25, -0.2) is 22.9 Å². The van der Waals surface area contributed by atoms with Crippen molar-refractivity contribution in [2.75, 3.05) is 10.6 Å². The Hall–Kier alpha value is -4.28. The molecule has 6 rings (SSSR count). The number of ether oxygens (including phenoxy) is 2. The molecule has 1 saturated carbocycles. The summed E-state index contributed by atoms with van der Waals surface area (Å²) in [5, 5.41) is 7.45. The second-order valence-corrected chi connectivity index (χ2v) is 8.46. The summed E-state index contributed by atoms with van der Waals surface area (Å²) in [6.45, 7) is 0. The summed E-state index contributed by atoms with van der Waals surface area (Å²) in [6.07, 6.45) is 2.09. The SMILES string of the molecule is O=C1CCc2c(Oc3ccc4c(c3)[C@H]3[C@@H](NC(=O)Nc5c(F)cc(F)cc5F)[C@H]3O4)ccnc2N1. The third kappa shape index (κ3) is 3.78. The first-order valence-electron chi connectivity index (χ1n) is 10.9. The zero-order chi connectivity index (χ0) is 24.3. The summed E-state index contributed by atoms with van der Waals surface area (Å²) >= 11 is 0. The zero-order valence-electron chi connectivity index (χ0n) is 17.9. The molecule has 8 nitrogen and oxygen atoms in total. The molecule has 3 N–H and O–H groups in total. The fourth-order valence-electron chi connectivity index (χ4n) is 4.52.